The smallest absolute Gasteiger partial charge is 0.0946 e. The second-order valence-electron chi connectivity index (χ2n) is 3.58. The maximum atomic E-state index is 5.92. The first-order valence-corrected chi connectivity index (χ1v) is 5.86. The Bertz CT molecular complexity index is 496. The number of benzene rings is 1. The van der Waals surface area contributed by atoms with E-state index in [9.17, 15) is 0 Å². The van der Waals surface area contributed by atoms with Crippen LogP contribution in [0.1, 0.15) is 0 Å². The first-order valence-electron chi connectivity index (χ1n) is 5.11. The number of nitrogens with two attached hydrogens (primary N) is 1. The van der Waals surface area contributed by atoms with Crippen LogP contribution in [0.3, 0.4) is 0 Å². The van der Waals surface area contributed by atoms with E-state index in [1.807, 2.05) is 10.8 Å². The first kappa shape index (κ1) is 12.1. The number of nitrogens with zero attached hydrogens (tertiary/aromatic N) is 2. The predicted molar refractivity (Wildman–Crippen MR) is 71.6 cm³/mol. The summed E-state index contributed by atoms with van der Waals surface area (Å²) in [5.74, 6) is 0. The summed E-state index contributed by atoms with van der Waals surface area (Å²) >= 11 is 11.8. The fraction of sp³-hybridized carbons (Fsp3) is 0.182. The van der Waals surface area contributed by atoms with Gasteiger partial charge in [0.1, 0.15) is 0 Å². The summed E-state index contributed by atoms with van der Waals surface area (Å²) in [6.07, 6.45) is 5.41. The lowest BCUT2D eigenvalue weighted by Crippen LogP contribution is -2.10. The minimum absolute atomic E-state index is 0.462. The van der Waals surface area contributed by atoms with Crippen LogP contribution in [0, 0.1) is 0 Å². The van der Waals surface area contributed by atoms with Gasteiger partial charge in [-0.1, -0.05) is 23.2 Å². The van der Waals surface area contributed by atoms with Crippen molar-refractivity contribution in [2.24, 2.45) is 0 Å². The molecule has 90 valence electrons. The van der Waals surface area contributed by atoms with Gasteiger partial charge in [-0.05, 0) is 12.1 Å². The highest BCUT2D eigenvalue weighted by Gasteiger charge is 2.04. The molecular formula is C11H12Cl2N4. The predicted octanol–water partition coefficient (Wildman–Crippen LogP) is 2.88. The van der Waals surface area contributed by atoms with E-state index in [0.29, 0.717) is 15.7 Å². The molecule has 0 aliphatic rings. The standard InChI is InChI=1S/C11H12Cl2N4/c12-8-5-10(14)11(6-9(8)13)16-2-4-17-3-1-15-7-17/h1,3,5-7,16H,2,4,14H2. The summed E-state index contributed by atoms with van der Waals surface area (Å²) in [5.41, 5.74) is 7.20. The van der Waals surface area contributed by atoms with Gasteiger partial charge in [0, 0.05) is 25.5 Å². The van der Waals surface area contributed by atoms with Crippen LogP contribution < -0.4 is 11.1 Å². The van der Waals surface area contributed by atoms with E-state index in [2.05, 4.69) is 10.3 Å². The molecular weight excluding hydrogens is 259 g/mol. The molecule has 2 aromatic rings. The Morgan fingerprint density at radius 2 is 2.06 bits per heavy atom. The minimum atomic E-state index is 0.462. The molecule has 0 aliphatic carbocycles. The third-order valence-corrected chi connectivity index (χ3v) is 3.06. The van der Waals surface area contributed by atoms with Crippen molar-refractivity contribution in [3.63, 3.8) is 0 Å². The van der Waals surface area contributed by atoms with Gasteiger partial charge in [-0.3, -0.25) is 0 Å². The second-order valence-corrected chi connectivity index (χ2v) is 4.40. The van der Waals surface area contributed by atoms with E-state index in [0.717, 1.165) is 18.8 Å². The summed E-state index contributed by atoms with van der Waals surface area (Å²) < 4.78 is 1.97. The quantitative estimate of drug-likeness (QED) is 0.841. The maximum Gasteiger partial charge on any atom is 0.0946 e. The summed E-state index contributed by atoms with van der Waals surface area (Å²) in [4.78, 5) is 3.96. The van der Waals surface area contributed by atoms with Gasteiger partial charge in [-0.2, -0.15) is 0 Å². The Morgan fingerprint density at radius 1 is 1.29 bits per heavy atom. The zero-order valence-electron chi connectivity index (χ0n) is 9.03. The fourth-order valence-corrected chi connectivity index (χ4v) is 1.79. The Kier molecular flexibility index (Phi) is 3.76. The molecule has 0 unspecified atom stereocenters. The molecule has 0 spiro atoms. The molecule has 0 bridgehead atoms. The molecule has 17 heavy (non-hydrogen) atoms. The number of anilines is 2. The summed E-state index contributed by atoms with van der Waals surface area (Å²) in [7, 11) is 0. The van der Waals surface area contributed by atoms with Crippen LogP contribution in [-0.2, 0) is 6.54 Å². The topological polar surface area (TPSA) is 55.9 Å². The Balaban J connectivity index is 1.97. The third kappa shape index (κ3) is 3.05. The zero-order valence-corrected chi connectivity index (χ0v) is 10.5. The largest absolute Gasteiger partial charge is 0.397 e. The van der Waals surface area contributed by atoms with Gasteiger partial charge in [0.15, 0.2) is 0 Å². The number of aromatic nitrogens is 2. The number of halogens is 2. The Labute approximate surface area is 109 Å². The SMILES string of the molecule is Nc1cc(Cl)c(Cl)cc1NCCn1ccnc1. The highest BCUT2D eigenvalue weighted by atomic mass is 35.5. The average molecular weight is 271 g/mol. The van der Waals surface area contributed by atoms with Crippen molar-refractivity contribution < 1.29 is 0 Å². The first-order chi connectivity index (χ1) is 8.16. The molecule has 4 nitrogen and oxygen atoms in total. The van der Waals surface area contributed by atoms with Crippen molar-refractivity contribution in [2.45, 2.75) is 6.54 Å². The molecule has 0 saturated carbocycles. The fourth-order valence-electron chi connectivity index (χ4n) is 1.45. The summed E-state index contributed by atoms with van der Waals surface area (Å²) in [6.45, 7) is 1.54. The van der Waals surface area contributed by atoms with Crippen LogP contribution >= 0.6 is 23.2 Å². The lowest BCUT2D eigenvalue weighted by molar-refractivity contribution is 0.727. The van der Waals surface area contributed by atoms with Gasteiger partial charge in [-0.15, -0.1) is 0 Å². The van der Waals surface area contributed by atoms with Gasteiger partial charge < -0.3 is 15.6 Å². The number of nitrogen functional groups attached to an aromatic ring is 1. The Hall–Kier alpha value is -1.39. The average Bonchev–Trinajstić information content (AvgIpc) is 2.78. The van der Waals surface area contributed by atoms with Crippen LogP contribution in [0.2, 0.25) is 10.0 Å². The highest BCUT2D eigenvalue weighted by molar-refractivity contribution is 6.42. The van der Waals surface area contributed by atoms with Crippen LogP contribution in [0.5, 0.6) is 0 Å². The normalized spacial score (nSPS) is 10.5. The summed E-state index contributed by atoms with van der Waals surface area (Å²) in [6, 6.07) is 3.37. The van der Waals surface area contributed by atoms with Crippen molar-refractivity contribution in [3.8, 4) is 0 Å². The van der Waals surface area contributed by atoms with Gasteiger partial charge in [0.05, 0.1) is 27.7 Å². The third-order valence-electron chi connectivity index (χ3n) is 2.34. The van der Waals surface area contributed by atoms with E-state index in [-0.39, 0.29) is 0 Å². The molecule has 6 heteroatoms. The van der Waals surface area contributed by atoms with Crippen LogP contribution in [0.25, 0.3) is 0 Å². The molecule has 1 heterocycles. The maximum absolute atomic E-state index is 5.92. The molecule has 1 aromatic carbocycles. The van der Waals surface area contributed by atoms with Crippen molar-refractivity contribution in [1.82, 2.24) is 9.55 Å². The lowest BCUT2D eigenvalue weighted by atomic mass is 10.2. The van der Waals surface area contributed by atoms with Gasteiger partial charge >= 0.3 is 0 Å². The molecule has 0 radical (unpaired) electrons. The molecule has 0 amide bonds. The highest BCUT2D eigenvalue weighted by Crippen LogP contribution is 2.30. The second kappa shape index (κ2) is 5.29. The number of hydrogen-bond donors (Lipinski definition) is 2. The molecule has 1 aromatic heterocycles. The van der Waals surface area contributed by atoms with Crippen LogP contribution in [0.4, 0.5) is 11.4 Å². The Morgan fingerprint density at radius 3 is 2.76 bits per heavy atom. The van der Waals surface area contributed by atoms with E-state index in [4.69, 9.17) is 28.9 Å². The van der Waals surface area contributed by atoms with Gasteiger partial charge in [0.2, 0.25) is 0 Å². The minimum Gasteiger partial charge on any atom is -0.397 e. The van der Waals surface area contributed by atoms with E-state index < -0.39 is 0 Å². The van der Waals surface area contributed by atoms with Crippen molar-refractivity contribution in [1.29, 1.82) is 0 Å². The van der Waals surface area contributed by atoms with Crippen molar-refractivity contribution >= 4 is 34.6 Å². The van der Waals surface area contributed by atoms with E-state index in [1.165, 1.54) is 0 Å². The summed E-state index contributed by atoms with van der Waals surface area (Å²) in [5, 5.41) is 4.16. The molecule has 0 aliphatic heterocycles. The van der Waals surface area contributed by atoms with Crippen molar-refractivity contribution in [3.05, 3.63) is 40.9 Å². The number of hydrogen-bond acceptors (Lipinski definition) is 3. The molecule has 2 rings (SSSR count). The van der Waals surface area contributed by atoms with E-state index in [1.54, 1.807) is 24.7 Å². The lowest BCUT2D eigenvalue weighted by Gasteiger charge is -2.10. The van der Waals surface area contributed by atoms with E-state index >= 15 is 0 Å². The van der Waals surface area contributed by atoms with Gasteiger partial charge in [-0.25, -0.2) is 4.98 Å². The number of nitrogens with one attached hydrogen (secondary N) is 1. The van der Waals surface area contributed by atoms with Crippen LogP contribution in [0.15, 0.2) is 30.9 Å². The van der Waals surface area contributed by atoms with Crippen molar-refractivity contribution in [2.75, 3.05) is 17.6 Å². The molecule has 0 fully saturated rings. The van der Waals surface area contributed by atoms with Gasteiger partial charge in [0.25, 0.3) is 0 Å². The molecule has 0 saturated heterocycles. The number of rotatable bonds is 4. The monoisotopic (exact) mass is 270 g/mol. The van der Waals surface area contributed by atoms with Crippen LogP contribution in [-0.4, -0.2) is 16.1 Å². The molecule has 3 N–H and O–H groups in total. The number of imidazole rings is 1. The molecule has 0 atom stereocenters. The zero-order chi connectivity index (χ0) is 12.3.